The fraction of sp³-hybridized carbons (Fsp3) is 0.308. The summed E-state index contributed by atoms with van der Waals surface area (Å²) in [6, 6.07) is 1.30. The van der Waals surface area contributed by atoms with E-state index in [0.717, 1.165) is 7.11 Å². The first-order valence-electron chi connectivity index (χ1n) is 6.79. The van der Waals surface area contributed by atoms with Crippen LogP contribution in [-0.4, -0.2) is 34.2 Å². The van der Waals surface area contributed by atoms with Gasteiger partial charge in [-0.25, -0.2) is 0 Å². The molecule has 0 radical (unpaired) electrons. The van der Waals surface area contributed by atoms with Gasteiger partial charge in [-0.3, -0.25) is 0 Å². The van der Waals surface area contributed by atoms with Crippen molar-refractivity contribution in [3.63, 3.8) is 0 Å². The Kier molecular flexibility index (Phi) is 7.01. The lowest BCUT2D eigenvalue weighted by molar-refractivity contribution is -0.274. The van der Waals surface area contributed by atoms with E-state index in [1.807, 2.05) is 0 Å². The molecule has 1 aromatic carbocycles. The second-order valence-corrected chi connectivity index (χ2v) is 7.33. The van der Waals surface area contributed by atoms with Gasteiger partial charge in [0.15, 0.2) is 0 Å². The van der Waals surface area contributed by atoms with Gasteiger partial charge in [-0.05, 0) is 4.41 Å². The highest BCUT2D eigenvalue weighted by Gasteiger charge is 2.52. The summed E-state index contributed by atoms with van der Waals surface area (Å²) in [5, 5.41) is 8.44. The van der Waals surface area contributed by atoms with Gasteiger partial charge in [0, 0.05) is 12.1 Å². The van der Waals surface area contributed by atoms with E-state index in [2.05, 4.69) is 4.74 Å². The van der Waals surface area contributed by atoms with Gasteiger partial charge in [0.05, 0.1) is 23.2 Å². The number of rotatable bonds is 5. The number of alkyl halides is 5. The summed E-state index contributed by atoms with van der Waals surface area (Å²) in [5.41, 5.74) is -0.403. The maximum Gasteiger partial charge on any atom is 0.573 e. The molecule has 0 saturated heterocycles. The second kappa shape index (κ2) is 8.56. The van der Waals surface area contributed by atoms with E-state index in [4.69, 9.17) is 39.5 Å². The largest absolute Gasteiger partial charge is 0.592 e. The molecule has 0 amide bonds. The predicted octanol–water partition coefficient (Wildman–Crippen LogP) is 4.76. The zero-order valence-corrected chi connectivity index (χ0v) is 16.4. The minimum atomic E-state index is -5.04. The van der Waals surface area contributed by atoms with Crippen LogP contribution in [0.3, 0.4) is 0 Å². The first kappa shape index (κ1) is 22.9. The van der Waals surface area contributed by atoms with E-state index < -0.39 is 61.9 Å². The molecule has 6 nitrogen and oxygen atoms in total. The molecule has 0 fully saturated rings. The Morgan fingerprint density at radius 3 is 2.18 bits per heavy atom. The van der Waals surface area contributed by atoms with Crippen LogP contribution in [0.1, 0.15) is 0 Å². The van der Waals surface area contributed by atoms with Crippen LogP contribution in [-0.2, 0) is 16.1 Å². The SMILES string of the molecule is COC1=C(Cl)C(C#N)N([S+]([O-])C(F)F)N1c1c(Cl)cc(OC(F)(F)F)cc1Cl. The van der Waals surface area contributed by atoms with Gasteiger partial charge >= 0.3 is 12.1 Å². The van der Waals surface area contributed by atoms with Gasteiger partial charge < -0.3 is 14.0 Å². The van der Waals surface area contributed by atoms with Crippen LogP contribution >= 0.6 is 34.8 Å². The summed E-state index contributed by atoms with van der Waals surface area (Å²) in [4.78, 5) is 0. The molecule has 0 saturated carbocycles. The van der Waals surface area contributed by atoms with Crippen LogP contribution in [0, 0.1) is 11.3 Å². The molecule has 1 aliphatic heterocycles. The van der Waals surface area contributed by atoms with E-state index in [-0.39, 0.29) is 0 Å². The van der Waals surface area contributed by atoms with Gasteiger partial charge in [0.25, 0.3) is 0 Å². The molecule has 0 spiro atoms. The smallest absolute Gasteiger partial charge is 0.573 e. The maximum atomic E-state index is 13.1. The number of nitriles is 1. The molecule has 0 aliphatic carbocycles. The third-order valence-corrected chi connectivity index (χ3v) is 5.14. The highest BCUT2D eigenvalue weighted by Crippen LogP contribution is 2.46. The third-order valence-electron chi connectivity index (χ3n) is 3.14. The summed E-state index contributed by atoms with van der Waals surface area (Å²) in [6.45, 7) is 0. The molecule has 2 unspecified atom stereocenters. The van der Waals surface area contributed by atoms with Crippen molar-refractivity contribution in [2.45, 2.75) is 18.2 Å². The third kappa shape index (κ3) is 4.45. The first-order valence-corrected chi connectivity index (χ1v) is 9.09. The van der Waals surface area contributed by atoms with Gasteiger partial charge in [-0.15, -0.1) is 13.2 Å². The zero-order valence-electron chi connectivity index (χ0n) is 13.3. The summed E-state index contributed by atoms with van der Waals surface area (Å²) in [7, 11) is 1.07. The van der Waals surface area contributed by atoms with Crippen molar-refractivity contribution in [1.29, 1.82) is 5.26 Å². The molecule has 15 heteroatoms. The Bertz CT molecular complexity index is 813. The molecular formula is C13H7Cl3F5N3O3S. The zero-order chi connectivity index (χ0) is 21.4. The van der Waals surface area contributed by atoms with Crippen molar-refractivity contribution in [3.05, 3.63) is 33.1 Å². The number of nitrogens with zero attached hydrogens (tertiary/aromatic N) is 3. The summed E-state index contributed by atoms with van der Waals surface area (Å²) in [5.74, 6) is -4.65. The van der Waals surface area contributed by atoms with Crippen molar-refractivity contribution >= 4 is 51.9 Å². The molecule has 154 valence electrons. The van der Waals surface area contributed by atoms with Crippen LogP contribution in [0.4, 0.5) is 27.6 Å². The highest BCUT2D eigenvalue weighted by molar-refractivity contribution is 7.89. The topological polar surface area (TPSA) is 71.8 Å². The Labute approximate surface area is 172 Å². The average Bonchev–Trinajstić information content (AvgIpc) is 2.83. The predicted molar refractivity (Wildman–Crippen MR) is 90.9 cm³/mol. The van der Waals surface area contributed by atoms with Crippen LogP contribution < -0.4 is 9.75 Å². The number of hydrogen-bond acceptors (Lipinski definition) is 6. The Balaban J connectivity index is 2.63. The number of anilines is 1. The molecule has 28 heavy (non-hydrogen) atoms. The molecule has 2 atom stereocenters. The molecule has 1 aliphatic rings. The number of benzene rings is 1. The second-order valence-electron chi connectivity index (χ2n) is 4.82. The van der Waals surface area contributed by atoms with Crippen LogP contribution in [0.25, 0.3) is 0 Å². The van der Waals surface area contributed by atoms with Crippen molar-refractivity contribution in [3.8, 4) is 11.8 Å². The molecule has 1 heterocycles. The van der Waals surface area contributed by atoms with Crippen molar-refractivity contribution in [2.75, 3.05) is 12.1 Å². The Morgan fingerprint density at radius 2 is 1.79 bits per heavy atom. The van der Waals surface area contributed by atoms with Crippen molar-refractivity contribution in [1.82, 2.24) is 4.41 Å². The fourth-order valence-electron chi connectivity index (χ4n) is 2.21. The molecule has 2 rings (SSSR count). The maximum absolute atomic E-state index is 13.1. The van der Waals surface area contributed by atoms with E-state index in [0.29, 0.717) is 21.6 Å². The van der Waals surface area contributed by atoms with Gasteiger partial charge in [-0.2, -0.15) is 19.1 Å². The van der Waals surface area contributed by atoms with Gasteiger partial charge in [0.1, 0.15) is 27.8 Å². The van der Waals surface area contributed by atoms with Crippen LogP contribution in [0.2, 0.25) is 10.0 Å². The van der Waals surface area contributed by atoms with E-state index in [1.165, 1.54) is 0 Å². The monoisotopic (exact) mass is 485 g/mol. The quantitative estimate of drug-likeness (QED) is 0.441. The highest BCUT2D eigenvalue weighted by atomic mass is 35.5. The first-order chi connectivity index (χ1) is 12.9. The molecule has 0 bridgehead atoms. The average molecular weight is 487 g/mol. The summed E-state index contributed by atoms with van der Waals surface area (Å²) >= 11 is 14.8. The summed E-state index contributed by atoms with van der Waals surface area (Å²) < 4.78 is 84.5. The Morgan fingerprint density at radius 1 is 1.25 bits per heavy atom. The standard InChI is InChI=1S/C13H7Cl3F5N3O3S/c1-26-11-9(16)8(4-22)24(28(25)12(17)18)23(11)10-6(14)2-5(3-7(10)15)27-13(19,20)21/h2-3,8,12H,1H3. The normalized spacial score (nSPS) is 19.2. The van der Waals surface area contributed by atoms with Gasteiger partial charge in [-0.1, -0.05) is 34.8 Å². The minimum Gasteiger partial charge on any atom is -0.592 e. The summed E-state index contributed by atoms with van der Waals surface area (Å²) in [6.07, 6.45) is -5.04. The number of ether oxygens (including phenoxy) is 2. The lowest BCUT2D eigenvalue weighted by atomic mass is 10.3. The lowest BCUT2D eigenvalue weighted by Gasteiger charge is -2.32. The fourth-order valence-corrected chi connectivity index (χ4v) is 4.04. The van der Waals surface area contributed by atoms with E-state index in [1.54, 1.807) is 6.07 Å². The minimum absolute atomic E-state index is 0.350. The van der Waals surface area contributed by atoms with Crippen LogP contribution in [0.15, 0.2) is 23.0 Å². The van der Waals surface area contributed by atoms with Crippen LogP contribution in [0.5, 0.6) is 5.75 Å². The van der Waals surface area contributed by atoms with E-state index in [9.17, 15) is 31.8 Å². The number of halogens is 8. The van der Waals surface area contributed by atoms with Crippen molar-refractivity contribution in [2.24, 2.45) is 0 Å². The number of hydrogen-bond donors (Lipinski definition) is 0. The molecule has 1 aromatic rings. The number of methoxy groups -OCH3 is 1. The van der Waals surface area contributed by atoms with Crippen molar-refractivity contribution < 1.29 is 36.0 Å². The van der Waals surface area contributed by atoms with Gasteiger partial charge in [0.2, 0.25) is 11.9 Å². The number of hydrazine groups is 1. The van der Waals surface area contributed by atoms with E-state index >= 15 is 0 Å². The molecule has 0 aromatic heterocycles. The Hall–Kier alpha value is -1.36. The lowest BCUT2D eigenvalue weighted by Crippen LogP contribution is -2.49. The molecular weight excluding hydrogens is 480 g/mol. The molecule has 0 N–H and O–H groups in total.